The molecule has 0 fully saturated rings. The molecule has 10 aromatic rings. The van der Waals surface area contributed by atoms with Crippen LogP contribution in [0.1, 0.15) is 0 Å². The van der Waals surface area contributed by atoms with Crippen LogP contribution in [0.3, 0.4) is 0 Å². The fourth-order valence-electron chi connectivity index (χ4n) is 8.88. The molecule has 0 N–H and O–H groups in total. The summed E-state index contributed by atoms with van der Waals surface area (Å²) in [7, 11) is 0. The number of fused-ring (bicyclic) bond motifs is 5. The Morgan fingerprint density at radius 1 is 0.327 bits per heavy atom. The van der Waals surface area contributed by atoms with Gasteiger partial charge in [-0.1, -0.05) is 152 Å². The minimum atomic E-state index is 0.990. The van der Waals surface area contributed by atoms with Crippen molar-refractivity contribution >= 4 is 49.5 Å². The highest BCUT2D eigenvalue weighted by Crippen LogP contribution is 2.58. The first kappa shape index (κ1) is 31.3. The van der Waals surface area contributed by atoms with Crippen LogP contribution in [-0.2, 0) is 0 Å². The summed E-state index contributed by atoms with van der Waals surface area (Å²) in [5, 5.41) is 6.25. The third kappa shape index (κ3) is 5.00. The maximum absolute atomic E-state index is 4.56. The predicted molar refractivity (Wildman–Crippen MR) is 232 cm³/mol. The summed E-state index contributed by atoms with van der Waals surface area (Å²) in [6.07, 6.45) is 1.85. The smallest absolute Gasteiger partial charge is 0.0703 e. The number of aromatic nitrogens is 1. The number of hydrogen-bond acceptors (Lipinski definition) is 2. The standard InChI is InChI=1S/C53H34N2/c1-4-14-36(15-5-1)49-44-21-10-11-22-45(44)50(37-16-6-2-7-17-37)53-47-31-30-42(43-23-12-24-46(51(43)47)52(49)53)35-25-27-40(28-26-35)55(39-19-8-3-9-20-39)41-29-32-48-38(34-41)18-13-33-54-48/h1-34H. The molecule has 0 saturated heterocycles. The van der Waals surface area contributed by atoms with Crippen LogP contribution in [0.25, 0.3) is 88.1 Å². The maximum atomic E-state index is 4.56. The van der Waals surface area contributed by atoms with E-state index in [0.29, 0.717) is 0 Å². The lowest BCUT2D eigenvalue weighted by atomic mass is 9.82. The zero-order valence-electron chi connectivity index (χ0n) is 30.0. The summed E-state index contributed by atoms with van der Waals surface area (Å²) in [5.41, 5.74) is 17.0. The topological polar surface area (TPSA) is 16.1 Å². The Morgan fingerprint density at radius 3 is 1.55 bits per heavy atom. The molecule has 0 bridgehead atoms. The van der Waals surface area contributed by atoms with Gasteiger partial charge in [-0.25, -0.2) is 0 Å². The SMILES string of the molecule is c1ccc(-c2c3c(c(-c4ccccc4)c4ccccc24)-c2ccc(-c4ccc(N(c5ccccc5)c5ccc6ncccc6c5)cc4)c4cccc-3c24)cc1. The Morgan fingerprint density at radius 2 is 0.873 bits per heavy atom. The summed E-state index contributed by atoms with van der Waals surface area (Å²) < 4.78 is 0. The largest absolute Gasteiger partial charge is 0.310 e. The quantitative estimate of drug-likeness (QED) is 0.172. The van der Waals surface area contributed by atoms with E-state index < -0.39 is 0 Å². The molecule has 9 aromatic carbocycles. The van der Waals surface area contributed by atoms with Crippen molar-refractivity contribution in [2.24, 2.45) is 0 Å². The van der Waals surface area contributed by atoms with Gasteiger partial charge in [0.1, 0.15) is 0 Å². The molecule has 55 heavy (non-hydrogen) atoms. The van der Waals surface area contributed by atoms with Gasteiger partial charge in [-0.15, -0.1) is 0 Å². The second-order valence-electron chi connectivity index (χ2n) is 14.3. The zero-order chi connectivity index (χ0) is 36.3. The Balaban J connectivity index is 1.10. The minimum absolute atomic E-state index is 0.990. The Bertz CT molecular complexity index is 2970. The van der Waals surface area contributed by atoms with E-state index in [1.165, 1.54) is 77.2 Å². The van der Waals surface area contributed by atoms with Crippen molar-refractivity contribution in [2.75, 3.05) is 4.90 Å². The third-order valence-corrected chi connectivity index (χ3v) is 11.2. The average Bonchev–Trinajstić information content (AvgIpc) is 3.59. The fourth-order valence-corrected chi connectivity index (χ4v) is 8.88. The highest BCUT2D eigenvalue weighted by molar-refractivity contribution is 6.28. The van der Waals surface area contributed by atoms with Crippen molar-refractivity contribution in [3.63, 3.8) is 0 Å². The summed E-state index contributed by atoms with van der Waals surface area (Å²) in [6, 6.07) is 72.7. The van der Waals surface area contributed by atoms with E-state index in [1.54, 1.807) is 0 Å². The van der Waals surface area contributed by atoms with E-state index in [2.05, 4.69) is 204 Å². The van der Waals surface area contributed by atoms with Crippen LogP contribution in [-0.4, -0.2) is 4.98 Å². The average molecular weight is 699 g/mol. The molecule has 1 heterocycles. The number of anilines is 3. The molecule has 11 rings (SSSR count). The molecule has 0 aliphatic heterocycles. The van der Waals surface area contributed by atoms with E-state index in [9.17, 15) is 0 Å². The molecule has 2 nitrogen and oxygen atoms in total. The van der Waals surface area contributed by atoms with Gasteiger partial charge in [0.05, 0.1) is 5.52 Å². The number of nitrogens with zero attached hydrogens (tertiary/aromatic N) is 2. The van der Waals surface area contributed by atoms with Gasteiger partial charge in [-0.3, -0.25) is 4.98 Å². The highest BCUT2D eigenvalue weighted by Gasteiger charge is 2.31. The second kappa shape index (κ2) is 12.7. The molecule has 1 aromatic heterocycles. The van der Waals surface area contributed by atoms with E-state index in [-0.39, 0.29) is 0 Å². The van der Waals surface area contributed by atoms with Gasteiger partial charge in [0, 0.05) is 28.6 Å². The van der Waals surface area contributed by atoms with Crippen LogP contribution in [0.2, 0.25) is 0 Å². The Labute approximate surface area is 320 Å². The Hall–Kier alpha value is -7.29. The van der Waals surface area contributed by atoms with E-state index >= 15 is 0 Å². The van der Waals surface area contributed by atoms with Crippen LogP contribution in [0.5, 0.6) is 0 Å². The van der Waals surface area contributed by atoms with Crippen LogP contribution >= 0.6 is 0 Å². The third-order valence-electron chi connectivity index (χ3n) is 11.2. The summed E-state index contributed by atoms with van der Waals surface area (Å²) in [5.74, 6) is 0. The van der Waals surface area contributed by atoms with Gasteiger partial charge in [0.15, 0.2) is 0 Å². The number of hydrogen-bond donors (Lipinski definition) is 0. The van der Waals surface area contributed by atoms with Gasteiger partial charge in [-0.05, 0) is 126 Å². The van der Waals surface area contributed by atoms with Crippen LogP contribution in [0.15, 0.2) is 206 Å². The van der Waals surface area contributed by atoms with Crippen molar-refractivity contribution in [1.82, 2.24) is 4.98 Å². The molecular weight excluding hydrogens is 665 g/mol. The maximum Gasteiger partial charge on any atom is 0.0703 e. The molecule has 1 aliphatic rings. The highest BCUT2D eigenvalue weighted by atomic mass is 15.1. The molecule has 0 radical (unpaired) electrons. The molecule has 0 unspecified atom stereocenters. The number of para-hydroxylation sites is 1. The summed E-state index contributed by atoms with van der Waals surface area (Å²) >= 11 is 0. The summed E-state index contributed by atoms with van der Waals surface area (Å²) in [6.45, 7) is 0. The normalized spacial score (nSPS) is 11.6. The van der Waals surface area contributed by atoms with Crippen LogP contribution in [0.4, 0.5) is 17.1 Å². The molecule has 256 valence electrons. The molecule has 0 atom stereocenters. The summed E-state index contributed by atoms with van der Waals surface area (Å²) in [4.78, 5) is 6.88. The van der Waals surface area contributed by atoms with Gasteiger partial charge in [0.25, 0.3) is 0 Å². The molecule has 0 amide bonds. The lowest BCUT2D eigenvalue weighted by Gasteiger charge is -2.26. The molecule has 0 spiro atoms. The van der Waals surface area contributed by atoms with Gasteiger partial charge >= 0.3 is 0 Å². The van der Waals surface area contributed by atoms with Crippen molar-refractivity contribution < 1.29 is 0 Å². The van der Waals surface area contributed by atoms with Crippen molar-refractivity contribution in [3.8, 4) is 55.6 Å². The Kier molecular flexibility index (Phi) is 7.21. The molecule has 1 aliphatic carbocycles. The first-order valence-electron chi connectivity index (χ1n) is 18.9. The van der Waals surface area contributed by atoms with Gasteiger partial charge in [0.2, 0.25) is 0 Å². The number of benzene rings is 9. The predicted octanol–water partition coefficient (Wildman–Crippen LogP) is 14.7. The van der Waals surface area contributed by atoms with Gasteiger partial charge in [-0.2, -0.15) is 0 Å². The molecule has 0 saturated carbocycles. The first-order valence-corrected chi connectivity index (χ1v) is 18.9. The first-order chi connectivity index (χ1) is 27.3. The lowest BCUT2D eigenvalue weighted by molar-refractivity contribution is 1.28. The van der Waals surface area contributed by atoms with Gasteiger partial charge < -0.3 is 4.90 Å². The lowest BCUT2D eigenvalue weighted by Crippen LogP contribution is -2.09. The second-order valence-corrected chi connectivity index (χ2v) is 14.3. The van der Waals surface area contributed by atoms with E-state index in [4.69, 9.17) is 0 Å². The van der Waals surface area contributed by atoms with Crippen molar-refractivity contribution in [3.05, 3.63) is 206 Å². The number of rotatable bonds is 6. The minimum Gasteiger partial charge on any atom is -0.310 e. The van der Waals surface area contributed by atoms with Crippen LogP contribution in [0, 0.1) is 0 Å². The van der Waals surface area contributed by atoms with Crippen molar-refractivity contribution in [1.29, 1.82) is 0 Å². The number of pyridine rings is 1. The zero-order valence-corrected chi connectivity index (χ0v) is 30.0. The van der Waals surface area contributed by atoms with E-state index in [1.807, 2.05) is 12.3 Å². The molecule has 2 heteroatoms. The van der Waals surface area contributed by atoms with E-state index in [0.717, 1.165) is 28.0 Å². The van der Waals surface area contributed by atoms with Crippen LogP contribution < -0.4 is 4.90 Å². The monoisotopic (exact) mass is 698 g/mol. The van der Waals surface area contributed by atoms with Crippen molar-refractivity contribution in [2.45, 2.75) is 0 Å². The molecular formula is C53H34N2. The fraction of sp³-hybridized carbons (Fsp3) is 0.